The Labute approximate surface area is 173 Å². The van der Waals surface area contributed by atoms with Crippen molar-refractivity contribution in [2.45, 2.75) is 19.3 Å². The number of unbranched alkanes of at least 4 members (excludes halogenated alkanes) is 1. The molecule has 3 rings (SSSR count). The van der Waals surface area contributed by atoms with E-state index in [1.54, 1.807) is 0 Å². The Hall–Kier alpha value is -2.56. The van der Waals surface area contributed by atoms with E-state index in [0.717, 1.165) is 37.3 Å². The minimum absolute atomic E-state index is 0.205. The molecule has 4 nitrogen and oxygen atoms in total. The second-order valence-corrected chi connectivity index (χ2v) is 7.52. The molecule has 0 aromatic heterocycles. The zero-order valence-electron chi connectivity index (χ0n) is 17.4. The molecule has 0 saturated carbocycles. The SMILES string of the molecule is CN(C)CCOc1ccc(Cc2c(OCCCCO)ccc3ccccc23)cc1. The fraction of sp³-hybridized carbons (Fsp3) is 0.360. The molecule has 0 fully saturated rings. The molecule has 1 N–H and O–H groups in total. The first kappa shape index (κ1) is 21.2. The molecule has 0 unspecified atom stereocenters. The summed E-state index contributed by atoms with van der Waals surface area (Å²) < 4.78 is 11.9. The number of hydrogen-bond acceptors (Lipinski definition) is 4. The third kappa shape index (κ3) is 6.21. The molecule has 29 heavy (non-hydrogen) atoms. The number of fused-ring (bicyclic) bond motifs is 1. The normalized spacial score (nSPS) is 11.2. The van der Waals surface area contributed by atoms with Crippen LogP contribution in [-0.2, 0) is 6.42 Å². The Morgan fingerprint density at radius 3 is 2.38 bits per heavy atom. The van der Waals surface area contributed by atoms with Gasteiger partial charge in [-0.1, -0.05) is 42.5 Å². The highest BCUT2D eigenvalue weighted by molar-refractivity contribution is 5.88. The average molecular weight is 394 g/mol. The number of aliphatic hydroxyl groups is 1. The van der Waals surface area contributed by atoms with Gasteiger partial charge >= 0.3 is 0 Å². The molecule has 3 aromatic carbocycles. The Kier molecular flexibility index (Phi) is 7.91. The lowest BCUT2D eigenvalue weighted by Gasteiger charge is -2.15. The standard InChI is InChI=1S/C25H31NO3/c1-26(2)15-18-28-22-12-9-20(10-13-22)19-24-23-8-4-3-7-21(23)11-14-25(24)29-17-6-5-16-27/h3-4,7-14,27H,5-6,15-19H2,1-2H3. The van der Waals surface area contributed by atoms with Crippen molar-refractivity contribution < 1.29 is 14.6 Å². The highest BCUT2D eigenvalue weighted by atomic mass is 16.5. The van der Waals surface area contributed by atoms with Crippen LogP contribution in [0, 0.1) is 0 Å². The van der Waals surface area contributed by atoms with Crippen LogP contribution < -0.4 is 9.47 Å². The molecular weight excluding hydrogens is 362 g/mol. The molecule has 0 atom stereocenters. The second kappa shape index (κ2) is 10.8. The summed E-state index contributed by atoms with van der Waals surface area (Å²) in [5.74, 6) is 1.82. The van der Waals surface area contributed by atoms with E-state index in [2.05, 4.69) is 53.4 Å². The Morgan fingerprint density at radius 1 is 0.828 bits per heavy atom. The van der Waals surface area contributed by atoms with E-state index in [9.17, 15) is 0 Å². The van der Waals surface area contributed by atoms with Gasteiger partial charge in [0.05, 0.1) is 6.61 Å². The maximum Gasteiger partial charge on any atom is 0.123 e. The van der Waals surface area contributed by atoms with Gasteiger partial charge < -0.3 is 19.5 Å². The molecule has 0 aliphatic heterocycles. The van der Waals surface area contributed by atoms with Crippen molar-refractivity contribution in [2.24, 2.45) is 0 Å². The summed E-state index contributed by atoms with van der Waals surface area (Å²) >= 11 is 0. The fourth-order valence-electron chi connectivity index (χ4n) is 3.28. The van der Waals surface area contributed by atoms with E-state index in [1.807, 2.05) is 26.2 Å². The first-order valence-electron chi connectivity index (χ1n) is 10.3. The van der Waals surface area contributed by atoms with Crippen LogP contribution in [0.3, 0.4) is 0 Å². The van der Waals surface area contributed by atoms with E-state index < -0.39 is 0 Å². The molecule has 154 valence electrons. The molecule has 0 spiro atoms. The fourth-order valence-corrected chi connectivity index (χ4v) is 3.28. The van der Waals surface area contributed by atoms with Gasteiger partial charge in [-0.25, -0.2) is 0 Å². The number of nitrogens with zero attached hydrogens (tertiary/aromatic N) is 1. The predicted molar refractivity (Wildman–Crippen MR) is 119 cm³/mol. The van der Waals surface area contributed by atoms with Gasteiger partial charge in [-0.05, 0) is 61.5 Å². The third-order valence-electron chi connectivity index (χ3n) is 4.92. The van der Waals surface area contributed by atoms with Crippen LogP contribution in [0.15, 0.2) is 60.7 Å². The van der Waals surface area contributed by atoms with Crippen molar-refractivity contribution in [1.29, 1.82) is 0 Å². The van der Waals surface area contributed by atoms with Crippen LogP contribution in [0.5, 0.6) is 11.5 Å². The van der Waals surface area contributed by atoms with Gasteiger partial charge in [0, 0.05) is 25.1 Å². The summed E-state index contributed by atoms with van der Waals surface area (Å²) in [5.41, 5.74) is 2.43. The van der Waals surface area contributed by atoms with Gasteiger partial charge in [0.15, 0.2) is 0 Å². The van der Waals surface area contributed by atoms with E-state index in [0.29, 0.717) is 13.2 Å². The van der Waals surface area contributed by atoms with Gasteiger partial charge in [-0.2, -0.15) is 0 Å². The van der Waals surface area contributed by atoms with Gasteiger partial charge in [0.25, 0.3) is 0 Å². The smallest absolute Gasteiger partial charge is 0.123 e. The average Bonchev–Trinajstić information content (AvgIpc) is 2.73. The summed E-state index contributed by atoms with van der Waals surface area (Å²) in [6.07, 6.45) is 2.41. The number of ether oxygens (including phenoxy) is 2. The maximum atomic E-state index is 8.99. The Morgan fingerprint density at radius 2 is 1.62 bits per heavy atom. The van der Waals surface area contributed by atoms with Crippen molar-refractivity contribution in [3.05, 3.63) is 71.8 Å². The molecule has 0 heterocycles. The molecule has 0 aliphatic carbocycles. The minimum atomic E-state index is 0.205. The lowest BCUT2D eigenvalue weighted by Crippen LogP contribution is -2.19. The van der Waals surface area contributed by atoms with E-state index in [-0.39, 0.29) is 6.61 Å². The summed E-state index contributed by atoms with van der Waals surface area (Å²) in [6, 6.07) is 20.9. The quantitative estimate of drug-likeness (QED) is 0.486. The van der Waals surface area contributed by atoms with Crippen molar-refractivity contribution in [3.63, 3.8) is 0 Å². The maximum absolute atomic E-state index is 8.99. The predicted octanol–water partition coefficient (Wildman–Crippen LogP) is 4.52. The lowest BCUT2D eigenvalue weighted by molar-refractivity contribution is 0.252. The molecule has 0 amide bonds. The molecular formula is C25H31NO3. The number of hydrogen-bond donors (Lipinski definition) is 1. The summed E-state index contributed by atoms with van der Waals surface area (Å²) in [7, 11) is 4.08. The van der Waals surface area contributed by atoms with Gasteiger partial charge in [0.2, 0.25) is 0 Å². The van der Waals surface area contributed by atoms with Crippen molar-refractivity contribution in [1.82, 2.24) is 4.90 Å². The van der Waals surface area contributed by atoms with Gasteiger partial charge in [0.1, 0.15) is 18.1 Å². The summed E-state index contributed by atoms with van der Waals surface area (Å²) in [6.45, 7) is 2.40. The Bertz CT molecular complexity index is 890. The molecule has 0 radical (unpaired) electrons. The lowest BCUT2D eigenvalue weighted by atomic mass is 9.97. The number of likely N-dealkylation sites (N-methyl/N-ethyl adjacent to an activating group) is 1. The van der Waals surface area contributed by atoms with Crippen LogP contribution >= 0.6 is 0 Å². The van der Waals surface area contributed by atoms with Crippen LogP contribution in [0.4, 0.5) is 0 Å². The highest BCUT2D eigenvalue weighted by Gasteiger charge is 2.10. The number of rotatable bonds is 11. The van der Waals surface area contributed by atoms with Crippen LogP contribution in [0.1, 0.15) is 24.0 Å². The molecule has 0 bridgehead atoms. The van der Waals surface area contributed by atoms with E-state index in [4.69, 9.17) is 14.6 Å². The zero-order chi connectivity index (χ0) is 20.5. The molecule has 4 heteroatoms. The Balaban J connectivity index is 1.76. The van der Waals surface area contributed by atoms with Gasteiger partial charge in [-0.15, -0.1) is 0 Å². The van der Waals surface area contributed by atoms with Gasteiger partial charge in [-0.3, -0.25) is 0 Å². The molecule has 0 saturated heterocycles. The molecule has 3 aromatic rings. The van der Waals surface area contributed by atoms with Crippen LogP contribution in [0.2, 0.25) is 0 Å². The third-order valence-corrected chi connectivity index (χ3v) is 4.92. The topological polar surface area (TPSA) is 41.9 Å². The summed E-state index contributed by atoms with van der Waals surface area (Å²) in [4.78, 5) is 2.11. The first-order chi connectivity index (χ1) is 14.2. The second-order valence-electron chi connectivity index (χ2n) is 7.52. The number of benzene rings is 3. The van der Waals surface area contributed by atoms with Crippen molar-refractivity contribution in [3.8, 4) is 11.5 Å². The first-order valence-corrected chi connectivity index (χ1v) is 10.3. The highest BCUT2D eigenvalue weighted by Crippen LogP contribution is 2.31. The molecule has 0 aliphatic rings. The van der Waals surface area contributed by atoms with Crippen molar-refractivity contribution in [2.75, 3.05) is 40.5 Å². The summed E-state index contributed by atoms with van der Waals surface area (Å²) in [5, 5.41) is 11.4. The van der Waals surface area contributed by atoms with E-state index in [1.165, 1.54) is 21.9 Å². The van der Waals surface area contributed by atoms with Crippen LogP contribution in [0.25, 0.3) is 10.8 Å². The monoisotopic (exact) mass is 393 g/mol. The number of aliphatic hydroxyl groups excluding tert-OH is 1. The van der Waals surface area contributed by atoms with Crippen molar-refractivity contribution >= 4 is 10.8 Å². The van der Waals surface area contributed by atoms with Crippen LogP contribution in [-0.4, -0.2) is 50.5 Å². The zero-order valence-corrected chi connectivity index (χ0v) is 17.4. The largest absolute Gasteiger partial charge is 0.493 e. The minimum Gasteiger partial charge on any atom is -0.493 e. The van der Waals surface area contributed by atoms with E-state index >= 15 is 0 Å².